The summed E-state index contributed by atoms with van der Waals surface area (Å²) in [5.74, 6) is 0.787. The minimum Gasteiger partial charge on any atom is -0.373 e. The first-order valence-electron chi connectivity index (χ1n) is 5.68. The summed E-state index contributed by atoms with van der Waals surface area (Å²) in [5, 5.41) is 2.93. The van der Waals surface area contributed by atoms with E-state index in [1.807, 2.05) is 13.0 Å². The predicted octanol–water partition coefficient (Wildman–Crippen LogP) is 3.40. The van der Waals surface area contributed by atoms with E-state index in [4.69, 9.17) is 0 Å². The molecule has 0 aliphatic carbocycles. The molecule has 0 aliphatic rings. The quantitative estimate of drug-likeness (QED) is 0.872. The number of hydrogen-bond donors (Lipinski definition) is 1. The molecule has 0 aliphatic heterocycles. The highest BCUT2D eigenvalue weighted by atomic mass is 32.2. The molecule has 6 heteroatoms. The second-order valence-electron chi connectivity index (χ2n) is 3.92. The molecule has 0 spiro atoms. The molecular weight excluding hydrogens is 268 g/mol. The molecule has 0 saturated heterocycles. The predicted molar refractivity (Wildman–Crippen MR) is 72.2 cm³/mol. The van der Waals surface area contributed by atoms with Gasteiger partial charge in [-0.1, -0.05) is 0 Å². The van der Waals surface area contributed by atoms with Crippen LogP contribution in [0.3, 0.4) is 0 Å². The molecule has 0 radical (unpaired) electrons. The average Bonchev–Trinajstić information content (AvgIpc) is 2.39. The van der Waals surface area contributed by atoms with Crippen LogP contribution in [0.4, 0.5) is 14.6 Å². The molecule has 1 aromatic heterocycles. The van der Waals surface area contributed by atoms with Crippen LogP contribution in [-0.4, -0.2) is 17.0 Å². The van der Waals surface area contributed by atoms with Gasteiger partial charge in [-0.05, 0) is 25.1 Å². The van der Waals surface area contributed by atoms with Crippen molar-refractivity contribution in [2.45, 2.75) is 17.6 Å². The van der Waals surface area contributed by atoms with E-state index in [-0.39, 0.29) is 4.90 Å². The fourth-order valence-corrected chi connectivity index (χ4v) is 2.37. The van der Waals surface area contributed by atoms with E-state index >= 15 is 0 Å². The van der Waals surface area contributed by atoms with Gasteiger partial charge in [0.15, 0.2) is 0 Å². The molecule has 19 heavy (non-hydrogen) atoms. The molecule has 1 heterocycles. The van der Waals surface area contributed by atoms with Gasteiger partial charge < -0.3 is 5.32 Å². The van der Waals surface area contributed by atoms with E-state index in [9.17, 15) is 8.78 Å². The number of rotatable bonds is 4. The van der Waals surface area contributed by atoms with Crippen LogP contribution in [0.2, 0.25) is 0 Å². The van der Waals surface area contributed by atoms with Gasteiger partial charge in [0.1, 0.15) is 23.3 Å². The monoisotopic (exact) mass is 281 g/mol. The topological polar surface area (TPSA) is 37.8 Å². The van der Waals surface area contributed by atoms with Crippen molar-refractivity contribution in [2.24, 2.45) is 0 Å². The van der Waals surface area contributed by atoms with E-state index in [1.165, 1.54) is 17.8 Å². The van der Waals surface area contributed by atoms with E-state index < -0.39 is 11.6 Å². The lowest BCUT2D eigenvalue weighted by molar-refractivity contribution is 0.577. The van der Waals surface area contributed by atoms with Crippen LogP contribution in [0.1, 0.15) is 11.5 Å². The van der Waals surface area contributed by atoms with Gasteiger partial charge in [0, 0.05) is 23.7 Å². The standard InChI is InChI=1S/C13H13F2N3S/c1-8-5-12(16-2)18-13(17-8)7-19-11-6-9(14)3-4-10(11)15/h3-6H,7H2,1-2H3,(H,16,17,18). The third-order valence-corrected chi connectivity index (χ3v) is 3.43. The van der Waals surface area contributed by atoms with Crippen LogP contribution in [-0.2, 0) is 5.75 Å². The molecule has 0 bridgehead atoms. The maximum Gasteiger partial charge on any atom is 0.141 e. The minimum absolute atomic E-state index is 0.260. The molecular formula is C13H13F2N3S. The molecule has 3 nitrogen and oxygen atoms in total. The van der Waals surface area contributed by atoms with Gasteiger partial charge in [-0.3, -0.25) is 0 Å². The number of anilines is 1. The van der Waals surface area contributed by atoms with E-state index in [1.54, 1.807) is 7.05 Å². The maximum atomic E-state index is 13.5. The van der Waals surface area contributed by atoms with Crippen molar-refractivity contribution in [1.29, 1.82) is 0 Å². The first-order chi connectivity index (χ1) is 9.08. The normalized spacial score (nSPS) is 10.5. The summed E-state index contributed by atoms with van der Waals surface area (Å²) in [6, 6.07) is 5.21. The summed E-state index contributed by atoms with van der Waals surface area (Å²) in [7, 11) is 1.77. The van der Waals surface area contributed by atoms with E-state index in [0.717, 1.165) is 17.8 Å². The average molecular weight is 281 g/mol. The lowest BCUT2D eigenvalue weighted by Gasteiger charge is -2.06. The van der Waals surface area contributed by atoms with Gasteiger partial charge >= 0.3 is 0 Å². The van der Waals surface area contributed by atoms with Gasteiger partial charge in [0.2, 0.25) is 0 Å². The molecule has 2 rings (SSSR count). The zero-order chi connectivity index (χ0) is 13.8. The number of nitrogens with zero attached hydrogens (tertiary/aromatic N) is 2. The zero-order valence-electron chi connectivity index (χ0n) is 10.6. The number of aromatic nitrogens is 2. The number of nitrogens with one attached hydrogen (secondary N) is 1. The Morgan fingerprint density at radius 2 is 2.00 bits per heavy atom. The highest BCUT2D eigenvalue weighted by molar-refractivity contribution is 7.98. The Hall–Kier alpha value is -1.69. The lowest BCUT2D eigenvalue weighted by atomic mass is 10.3. The van der Waals surface area contributed by atoms with Gasteiger partial charge in [0.05, 0.1) is 5.75 Å². The molecule has 1 aromatic carbocycles. The van der Waals surface area contributed by atoms with Crippen molar-refractivity contribution in [3.8, 4) is 0 Å². The van der Waals surface area contributed by atoms with E-state index in [2.05, 4.69) is 15.3 Å². The summed E-state index contributed by atoms with van der Waals surface area (Å²) < 4.78 is 26.5. The van der Waals surface area contributed by atoms with Crippen LogP contribution in [0, 0.1) is 18.6 Å². The van der Waals surface area contributed by atoms with E-state index in [0.29, 0.717) is 17.4 Å². The van der Waals surface area contributed by atoms with Crippen molar-refractivity contribution in [3.63, 3.8) is 0 Å². The summed E-state index contributed by atoms with van der Waals surface area (Å²) in [4.78, 5) is 8.78. The first-order valence-corrected chi connectivity index (χ1v) is 6.67. The third kappa shape index (κ3) is 3.64. The van der Waals surface area contributed by atoms with Crippen LogP contribution < -0.4 is 5.32 Å². The van der Waals surface area contributed by atoms with Crippen molar-refractivity contribution in [3.05, 3.63) is 47.4 Å². The summed E-state index contributed by atoms with van der Waals surface area (Å²) in [6.45, 7) is 1.86. The summed E-state index contributed by atoms with van der Waals surface area (Å²) >= 11 is 1.17. The second kappa shape index (κ2) is 5.97. The van der Waals surface area contributed by atoms with Crippen LogP contribution in [0.25, 0.3) is 0 Å². The Bertz CT molecular complexity index is 590. The second-order valence-corrected chi connectivity index (χ2v) is 4.94. The number of halogens is 2. The Morgan fingerprint density at radius 1 is 1.21 bits per heavy atom. The highest BCUT2D eigenvalue weighted by Crippen LogP contribution is 2.25. The lowest BCUT2D eigenvalue weighted by Crippen LogP contribution is -2.00. The van der Waals surface area contributed by atoms with Crippen molar-refractivity contribution >= 4 is 17.6 Å². The Balaban J connectivity index is 2.14. The van der Waals surface area contributed by atoms with Crippen LogP contribution in [0.15, 0.2) is 29.2 Å². The fraction of sp³-hybridized carbons (Fsp3) is 0.231. The zero-order valence-corrected chi connectivity index (χ0v) is 11.4. The highest BCUT2D eigenvalue weighted by Gasteiger charge is 2.07. The molecule has 0 fully saturated rings. The summed E-state index contributed by atoms with van der Waals surface area (Å²) in [6.07, 6.45) is 0. The Morgan fingerprint density at radius 3 is 2.74 bits per heavy atom. The summed E-state index contributed by atoms with van der Waals surface area (Å²) in [5.41, 5.74) is 0.828. The molecule has 1 N–H and O–H groups in total. The first kappa shape index (κ1) is 13.7. The molecule has 0 unspecified atom stereocenters. The van der Waals surface area contributed by atoms with Crippen LogP contribution in [0.5, 0.6) is 0 Å². The fourth-order valence-electron chi connectivity index (χ4n) is 1.55. The SMILES string of the molecule is CNc1cc(C)nc(CSc2cc(F)ccc2F)n1. The van der Waals surface area contributed by atoms with Crippen LogP contribution >= 0.6 is 11.8 Å². The third-order valence-electron chi connectivity index (χ3n) is 2.41. The van der Waals surface area contributed by atoms with Crippen molar-refractivity contribution < 1.29 is 8.78 Å². The Labute approximate surface area is 114 Å². The van der Waals surface area contributed by atoms with Crippen molar-refractivity contribution in [1.82, 2.24) is 9.97 Å². The van der Waals surface area contributed by atoms with Gasteiger partial charge in [-0.15, -0.1) is 11.8 Å². The number of hydrogen-bond acceptors (Lipinski definition) is 4. The maximum absolute atomic E-state index is 13.5. The largest absolute Gasteiger partial charge is 0.373 e. The Kier molecular flexibility index (Phi) is 4.31. The smallest absolute Gasteiger partial charge is 0.141 e. The minimum atomic E-state index is -0.454. The molecule has 100 valence electrons. The molecule has 0 atom stereocenters. The molecule has 2 aromatic rings. The molecule has 0 amide bonds. The number of benzene rings is 1. The molecule has 0 saturated carbocycles. The van der Waals surface area contributed by atoms with Gasteiger partial charge in [0.25, 0.3) is 0 Å². The van der Waals surface area contributed by atoms with Crippen molar-refractivity contribution in [2.75, 3.05) is 12.4 Å². The van der Waals surface area contributed by atoms with Gasteiger partial charge in [-0.2, -0.15) is 0 Å². The van der Waals surface area contributed by atoms with Gasteiger partial charge in [-0.25, -0.2) is 18.7 Å². The number of aryl methyl sites for hydroxylation is 1. The number of thioether (sulfide) groups is 1.